The Morgan fingerprint density at radius 3 is 2.71 bits per heavy atom. The second-order valence-corrected chi connectivity index (χ2v) is 6.19. The van der Waals surface area contributed by atoms with Crippen molar-refractivity contribution in [2.75, 3.05) is 11.9 Å². The van der Waals surface area contributed by atoms with Crippen LogP contribution < -0.4 is 5.32 Å². The van der Waals surface area contributed by atoms with Gasteiger partial charge in [0.2, 0.25) is 5.91 Å². The van der Waals surface area contributed by atoms with Crippen molar-refractivity contribution in [2.45, 2.75) is 25.7 Å². The Labute approximate surface area is 129 Å². The summed E-state index contributed by atoms with van der Waals surface area (Å²) in [7, 11) is 0. The molecule has 1 amide bonds. The number of hydrogen-bond donors (Lipinski definition) is 2. The molecule has 0 aliphatic heterocycles. The van der Waals surface area contributed by atoms with Gasteiger partial charge in [0.15, 0.2) is 0 Å². The predicted octanol–water partition coefficient (Wildman–Crippen LogP) is 3.06. The first-order valence-electron chi connectivity index (χ1n) is 7.41. The van der Waals surface area contributed by atoms with Crippen LogP contribution in [0.4, 0.5) is 5.69 Å². The Balaban J connectivity index is 1.71. The molecule has 2 aliphatic carbocycles. The van der Waals surface area contributed by atoms with E-state index < -0.39 is 0 Å². The van der Waals surface area contributed by atoms with Gasteiger partial charge in [-0.25, -0.2) is 0 Å². The van der Waals surface area contributed by atoms with E-state index in [0.717, 1.165) is 5.56 Å². The Morgan fingerprint density at radius 1 is 1.33 bits per heavy atom. The molecular formula is C17H18ClNO2. The number of benzene rings is 1. The number of amides is 1. The third-order valence-corrected chi connectivity index (χ3v) is 4.82. The largest absolute Gasteiger partial charge is 0.384 e. The van der Waals surface area contributed by atoms with Gasteiger partial charge in [-0.05, 0) is 42.9 Å². The molecule has 3 rings (SSSR count). The van der Waals surface area contributed by atoms with Crippen LogP contribution in [-0.2, 0) is 4.79 Å². The summed E-state index contributed by atoms with van der Waals surface area (Å²) < 4.78 is 0. The Kier molecular flexibility index (Phi) is 4.19. The van der Waals surface area contributed by atoms with Crippen LogP contribution in [0.5, 0.6) is 0 Å². The molecule has 2 saturated carbocycles. The summed E-state index contributed by atoms with van der Waals surface area (Å²) in [5.41, 5.74) is 1.34. The summed E-state index contributed by atoms with van der Waals surface area (Å²) in [4.78, 5) is 12.4. The van der Waals surface area contributed by atoms with Crippen LogP contribution in [0, 0.1) is 29.6 Å². The smallest absolute Gasteiger partial charge is 0.228 e. The zero-order valence-electron chi connectivity index (χ0n) is 11.7. The normalized spacial score (nSPS) is 26.3. The molecule has 110 valence electrons. The average molecular weight is 304 g/mol. The van der Waals surface area contributed by atoms with Crippen LogP contribution in [0.2, 0.25) is 5.02 Å². The van der Waals surface area contributed by atoms with Crippen LogP contribution in [-0.4, -0.2) is 17.6 Å². The zero-order chi connectivity index (χ0) is 14.8. The lowest BCUT2D eigenvalue weighted by atomic mass is 10.0. The molecule has 0 heterocycles. The number of fused-ring (bicyclic) bond motifs is 1. The quantitative estimate of drug-likeness (QED) is 0.825. The fourth-order valence-corrected chi connectivity index (χ4v) is 3.60. The highest BCUT2D eigenvalue weighted by molar-refractivity contribution is 6.33. The van der Waals surface area contributed by atoms with Gasteiger partial charge in [0.1, 0.15) is 6.61 Å². The third kappa shape index (κ3) is 3.07. The van der Waals surface area contributed by atoms with Gasteiger partial charge >= 0.3 is 0 Å². The van der Waals surface area contributed by atoms with E-state index in [-0.39, 0.29) is 18.4 Å². The van der Waals surface area contributed by atoms with Crippen molar-refractivity contribution in [3.8, 4) is 11.8 Å². The summed E-state index contributed by atoms with van der Waals surface area (Å²) >= 11 is 6.14. The van der Waals surface area contributed by atoms with Crippen molar-refractivity contribution in [3.05, 3.63) is 28.8 Å². The van der Waals surface area contributed by atoms with Gasteiger partial charge in [0, 0.05) is 11.5 Å². The number of anilines is 1. The van der Waals surface area contributed by atoms with Crippen LogP contribution in [0.3, 0.4) is 0 Å². The molecule has 2 aliphatic rings. The van der Waals surface area contributed by atoms with E-state index in [9.17, 15) is 4.79 Å². The van der Waals surface area contributed by atoms with Gasteiger partial charge in [0.25, 0.3) is 0 Å². The molecule has 1 aromatic carbocycles. The Morgan fingerprint density at radius 2 is 2.05 bits per heavy atom. The van der Waals surface area contributed by atoms with Gasteiger partial charge in [0.05, 0.1) is 10.7 Å². The predicted molar refractivity (Wildman–Crippen MR) is 83.0 cm³/mol. The number of carbonyl (C=O) groups is 1. The molecule has 2 N–H and O–H groups in total. The van der Waals surface area contributed by atoms with E-state index in [4.69, 9.17) is 16.7 Å². The summed E-state index contributed by atoms with van der Waals surface area (Å²) in [5, 5.41) is 12.2. The second-order valence-electron chi connectivity index (χ2n) is 5.78. The summed E-state index contributed by atoms with van der Waals surface area (Å²) in [6, 6.07) is 5.25. The maximum atomic E-state index is 12.4. The number of carbonyl (C=O) groups excluding carboxylic acids is 1. The zero-order valence-corrected chi connectivity index (χ0v) is 12.5. The van der Waals surface area contributed by atoms with Crippen LogP contribution >= 0.6 is 11.6 Å². The first-order valence-corrected chi connectivity index (χ1v) is 7.78. The van der Waals surface area contributed by atoms with Gasteiger partial charge < -0.3 is 10.4 Å². The highest BCUT2D eigenvalue weighted by atomic mass is 35.5. The second kappa shape index (κ2) is 6.09. The van der Waals surface area contributed by atoms with E-state index in [1.165, 1.54) is 25.7 Å². The van der Waals surface area contributed by atoms with Crippen LogP contribution in [0.15, 0.2) is 18.2 Å². The first-order chi connectivity index (χ1) is 10.2. The maximum absolute atomic E-state index is 12.4. The van der Waals surface area contributed by atoms with Crippen molar-refractivity contribution >= 4 is 23.2 Å². The highest BCUT2D eigenvalue weighted by Crippen LogP contribution is 2.55. The van der Waals surface area contributed by atoms with Gasteiger partial charge in [-0.1, -0.05) is 36.3 Å². The van der Waals surface area contributed by atoms with Crippen molar-refractivity contribution < 1.29 is 9.90 Å². The topological polar surface area (TPSA) is 49.3 Å². The summed E-state index contributed by atoms with van der Waals surface area (Å²) in [6.07, 6.45) is 4.85. The van der Waals surface area contributed by atoms with Gasteiger partial charge in [-0.15, -0.1) is 0 Å². The SMILES string of the molecule is O=C(Nc1cc(C#CCO)ccc1Cl)C1C2CCCCC21. The fraction of sp³-hybridized carbons (Fsp3) is 0.471. The van der Waals surface area contributed by atoms with Crippen LogP contribution in [0.25, 0.3) is 0 Å². The standard InChI is InChI=1S/C17H18ClNO2/c18-14-8-7-11(4-3-9-20)10-15(14)19-17(21)16-12-5-1-2-6-13(12)16/h7-8,10,12-13,16,20H,1-2,5-6,9H2,(H,19,21). The minimum absolute atomic E-state index is 0.0843. The van der Waals surface area contributed by atoms with Crippen molar-refractivity contribution in [1.29, 1.82) is 0 Å². The first kappa shape index (κ1) is 14.4. The maximum Gasteiger partial charge on any atom is 0.228 e. The Hall–Kier alpha value is -1.50. The number of rotatable bonds is 2. The third-order valence-electron chi connectivity index (χ3n) is 4.50. The van der Waals surface area contributed by atoms with Crippen molar-refractivity contribution in [1.82, 2.24) is 0 Å². The lowest BCUT2D eigenvalue weighted by Crippen LogP contribution is -2.15. The number of nitrogens with one attached hydrogen (secondary N) is 1. The van der Waals surface area contributed by atoms with Gasteiger partial charge in [-0.2, -0.15) is 0 Å². The molecule has 1 aromatic rings. The lowest BCUT2D eigenvalue weighted by Gasteiger charge is -2.07. The molecule has 2 unspecified atom stereocenters. The van der Waals surface area contributed by atoms with E-state index in [1.54, 1.807) is 18.2 Å². The van der Waals surface area contributed by atoms with Gasteiger partial charge in [-0.3, -0.25) is 4.79 Å². The Bertz CT molecular complexity index is 605. The van der Waals surface area contributed by atoms with E-state index >= 15 is 0 Å². The molecule has 0 bridgehead atoms. The molecule has 2 atom stereocenters. The number of aliphatic hydroxyl groups excluding tert-OH is 1. The number of aliphatic hydroxyl groups is 1. The molecule has 0 spiro atoms. The van der Waals surface area contributed by atoms with E-state index in [2.05, 4.69) is 17.2 Å². The lowest BCUT2D eigenvalue weighted by molar-refractivity contribution is -0.117. The average Bonchev–Trinajstić information content (AvgIpc) is 3.22. The van der Waals surface area contributed by atoms with Crippen molar-refractivity contribution in [2.24, 2.45) is 17.8 Å². The molecule has 0 saturated heterocycles. The van der Waals surface area contributed by atoms with E-state index in [1.807, 2.05) is 0 Å². The number of hydrogen-bond acceptors (Lipinski definition) is 2. The molecular weight excluding hydrogens is 286 g/mol. The van der Waals surface area contributed by atoms with Crippen molar-refractivity contribution in [3.63, 3.8) is 0 Å². The molecule has 4 heteroatoms. The van der Waals surface area contributed by atoms with E-state index in [0.29, 0.717) is 22.5 Å². The monoisotopic (exact) mass is 303 g/mol. The molecule has 21 heavy (non-hydrogen) atoms. The van der Waals surface area contributed by atoms with Crippen LogP contribution in [0.1, 0.15) is 31.2 Å². The highest BCUT2D eigenvalue weighted by Gasteiger charge is 2.54. The minimum atomic E-state index is -0.185. The summed E-state index contributed by atoms with van der Waals surface area (Å²) in [5.74, 6) is 6.81. The molecule has 3 nitrogen and oxygen atoms in total. The molecule has 0 radical (unpaired) electrons. The molecule has 0 aromatic heterocycles. The fourth-order valence-electron chi connectivity index (χ4n) is 3.44. The molecule has 2 fully saturated rings. The minimum Gasteiger partial charge on any atom is -0.384 e. The summed E-state index contributed by atoms with van der Waals surface area (Å²) in [6.45, 7) is -0.185. The number of halogens is 1.